The summed E-state index contributed by atoms with van der Waals surface area (Å²) in [6, 6.07) is 21.7. The van der Waals surface area contributed by atoms with Crippen molar-refractivity contribution in [2.24, 2.45) is 0 Å². The molecule has 0 radical (unpaired) electrons. The second kappa shape index (κ2) is 8.57. The zero-order chi connectivity index (χ0) is 20.9. The van der Waals surface area contributed by atoms with E-state index in [0.717, 1.165) is 18.4 Å². The largest absolute Gasteiger partial charge is 0.423 e. The van der Waals surface area contributed by atoms with Crippen molar-refractivity contribution in [3.05, 3.63) is 83.9 Å². The summed E-state index contributed by atoms with van der Waals surface area (Å²) < 4.78 is 5.46. The number of aromatic nitrogens is 4. The minimum Gasteiger partial charge on any atom is -0.423 e. The fraction of sp³-hybridized carbons (Fsp3) is 0.130. The van der Waals surface area contributed by atoms with E-state index in [1.54, 1.807) is 42.5 Å². The molecular weight excluding hydrogens is 378 g/mol. The molecule has 0 spiro atoms. The van der Waals surface area contributed by atoms with Crippen molar-refractivity contribution in [3.8, 4) is 22.8 Å². The van der Waals surface area contributed by atoms with E-state index >= 15 is 0 Å². The number of para-hydroxylation sites is 1. The van der Waals surface area contributed by atoms with Gasteiger partial charge in [-0.25, -0.2) is 4.79 Å². The minimum atomic E-state index is -0.397. The molecule has 0 saturated carbocycles. The number of tetrazole rings is 1. The van der Waals surface area contributed by atoms with E-state index in [1.807, 2.05) is 30.3 Å². The van der Waals surface area contributed by atoms with Crippen molar-refractivity contribution < 1.29 is 9.53 Å². The molecule has 0 fully saturated rings. The van der Waals surface area contributed by atoms with E-state index in [4.69, 9.17) is 10.5 Å². The van der Waals surface area contributed by atoms with Crippen LogP contribution in [0, 0.1) is 0 Å². The maximum Gasteiger partial charge on any atom is 0.343 e. The summed E-state index contributed by atoms with van der Waals surface area (Å²) in [4.78, 5) is 13.8. The van der Waals surface area contributed by atoms with Gasteiger partial charge in [-0.05, 0) is 65.7 Å². The van der Waals surface area contributed by atoms with Gasteiger partial charge in [-0.3, -0.25) is 0 Å². The van der Waals surface area contributed by atoms with Crippen LogP contribution in [0.3, 0.4) is 0 Å². The molecule has 1 aromatic heterocycles. The van der Waals surface area contributed by atoms with Crippen molar-refractivity contribution in [2.45, 2.75) is 19.8 Å². The third-order valence-electron chi connectivity index (χ3n) is 4.62. The highest BCUT2D eigenvalue weighted by Crippen LogP contribution is 2.22. The molecule has 150 valence electrons. The molecule has 0 aliphatic rings. The molecule has 2 N–H and O–H groups in total. The Balaban J connectivity index is 1.45. The first-order valence-corrected chi connectivity index (χ1v) is 9.70. The molecule has 0 atom stereocenters. The summed E-state index contributed by atoms with van der Waals surface area (Å²) in [5.74, 6) is 0.482. The second-order valence-electron chi connectivity index (χ2n) is 6.82. The number of hydrogen-bond donors (Lipinski definition) is 1. The summed E-state index contributed by atoms with van der Waals surface area (Å²) in [7, 11) is 0. The summed E-state index contributed by atoms with van der Waals surface area (Å²) >= 11 is 0. The zero-order valence-electron chi connectivity index (χ0n) is 16.5. The Labute approximate surface area is 174 Å². The van der Waals surface area contributed by atoms with Crippen LogP contribution in [0.2, 0.25) is 0 Å². The molecule has 0 amide bonds. The summed E-state index contributed by atoms with van der Waals surface area (Å²) in [6.07, 6.45) is 2.06. The van der Waals surface area contributed by atoms with Gasteiger partial charge in [0.1, 0.15) is 5.75 Å². The number of hydrogen-bond acceptors (Lipinski definition) is 6. The number of anilines is 1. The Hall–Kier alpha value is -4.00. The van der Waals surface area contributed by atoms with E-state index in [0.29, 0.717) is 28.5 Å². The zero-order valence-corrected chi connectivity index (χ0v) is 16.5. The van der Waals surface area contributed by atoms with Gasteiger partial charge in [0.2, 0.25) is 5.82 Å². The van der Waals surface area contributed by atoms with Gasteiger partial charge in [0.25, 0.3) is 0 Å². The number of nitrogens with zero attached hydrogens (tertiary/aromatic N) is 4. The normalized spacial score (nSPS) is 10.7. The predicted octanol–water partition coefficient (Wildman–Crippen LogP) is 4.08. The van der Waals surface area contributed by atoms with Crippen LogP contribution in [0.15, 0.2) is 72.8 Å². The molecule has 7 nitrogen and oxygen atoms in total. The van der Waals surface area contributed by atoms with Crippen LogP contribution < -0.4 is 10.5 Å². The fourth-order valence-corrected chi connectivity index (χ4v) is 3.04. The van der Waals surface area contributed by atoms with E-state index in [9.17, 15) is 4.79 Å². The van der Waals surface area contributed by atoms with Crippen LogP contribution in [-0.2, 0) is 6.42 Å². The van der Waals surface area contributed by atoms with Gasteiger partial charge in [0.15, 0.2) is 0 Å². The van der Waals surface area contributed by atoms with Gasteiger partial charge in [0, 0.05) is 11.3 Å². The highest BCUT2D eigenvalue weighted by molar-refractivity contribution is 5.91. The monoisotopic (exact) mass is 399 g/mol. The highest BCUT2D eigenvalue weighted by atomic mass is 16.5. The van der Waals surface area contributed by atoms with Crippen LogP contribution in [0.5, 0.6) is 5.75 Å². The van der Waals surface area contributed by atoms with Gasteiger partial charge in [-0.2, -0.15) is 0 Å². The number of nitrogens with two attached hydrogens (primary N) is 1. The number of benzene rings is 3. The molecule has 1 heterocycles. The Bertz CT molecular complexity index is 1150. The third-order valence-corrected chi connectivity index (χ3v) is 4.62. The Kier molecular flexibility index (Phi) is 5.52. The Morgan fingerprint density at radius 1 is 1.00 bits per heavy atom. The van der Waals surface area contributed by atoms with Crippen molar-refractivity contribution >= 4 is 11.7 Å². The van der Waals surface area contributed by atoms with Crippen molar-refractivity contribution in [3.63, 3.8) is 0 Å². The number of nitrogen functional groups attached to an aromatic ring is 1. The lowest BCUT2D eigenvalue weighted by molar-refractivity contribution is 0.0734. The van der Waals surface area contributed by atoms with E-state index < -0.39 is 5.97 Å². The standard InChI is InChI=1S/C23H21N5O2/c1-2-5-16-8-10-17(11-9-16)23(29)30-19-14-12-18(13-15-19)28-26-22(25-27-28)20-6-3-4-7-21(20)24/h3-4,6-15H,2,5,24H2,1H3. The fourth-order valence-electron chi connectivity index (χ4n) is 3.04. The van der Waals surface area contributed by atoms with Gasteiger partial charge in [-0.15, -0.1) is 15.0 Å². The van der Waals surface area contributed by atoms with Gasteiger partial charge < -0.3 is 10.5 Å². The van der Waals surface area contributed by atoms with E-state index in [-0.39, 0.29) is 0 Å². The summed E-state index contributed by atoms with van der Waals surface area (Å²) in [5.41, 5.74) is 9.69. The van der Waals surface area contributed by atoms with E-state index in [2.05, 4.69) is 22.3 Å². The topological polar surface area (TPSA) is 95.9 Å². The number of rotatable bonds is 6. The number of carbonyl (C=O) groups excluding carboxylic acids is 1. The number of esters is 1. The second-order valence-corrected chi connectivity index (χ2v) is 6.82. The Morgan fingerprint density at radius 3 is 2.43 bits per heavy atom. The molecule has 0 aliphatic heterocycles. The quantitative estimate of drug-likeness (QED) is 0.298. The molecule has 0 bridgehead atoms. The Morgan fingerprint density at radius 2 is 1.73 bits per heavy atom. The maximum atomic E-state index is 12.4. The van der Waals surface area contributed by atoms with Crippen LogP contribution in [0.1, 0.15) is 29.3 Å². The highest BCUT2D eigenvalue weighted by Gasteiger charge is 2.11. The van der Waals surface area contributed by atoms with Gasteiger partial charge in [0.05, 0.1) is 11.3 Å². The molecule has 7 heteroatoms. The molecule has 4 aromatic rings. The number of carbonyl (C=O) groups is 1. The molecule has 0 unspecified atom stereocenters. The number of ether oxygens (including phenoxy) is 1. The lowest BCUT2D eigenvalue weighted by atomic mass is 10.1. The average molecular weight is 399 g/mol. The van der Waals surface area contributed by atoms with E-state index in [1.165, 1.54) is 10.4 Å². The van der Waals surface area contributed by atoms with Crippen LogP contribution in [-0.4, -0.2) is 26.2 Å². The lowest BCUT2D eigenvalue weighted by Gasteiger charge is -2.06. The molecule has 4 rings (SSSR count). The first-order chi connectivity index (χ1) is 14.6. The van der Waals surface area contributed by atoms with Crippen LogP contribution in [0.25, 0.3) is 17.1 Å². The average Bonchev–Trinajstić information content (AvgIpc) is 3.25. The maximum absolute atomic E-state index is 12.4. The van der Waals surface area contributed by atoms with Crippen molar-refractivity contribution in [1.29, 1.82) is 0 Å². The lowest BCUT2D eigenvalue weighted by Crippen LogP contribution is -2.08. The minimum absolute atomic E-state index is 0.397. The first kappa shape index (κ1) is 19.3. The molecule has 30 heavy (non-hydrogen) atoms. The predicted molar refractivity (Wildman–Crippen MR) is 114 cm³/mol. The van der Waals surface area contributed by atoms with Crippen LogP contribution in [0.4, 0.5) is 5.69 Å². The smallest absolute Gasteiger partial charge is 0.343 e. The molecule has 0 aliphatic carbocycles. The van der Waals surface area contributed by atoms with Crippen molar-refractivity contribution in [2.75, 3.05) is 5.73 Å². The first-order valence-electron chi connectivity index (χ1n) is 9.70. The van der Waals surface area contributed by atoms with Crippen molar-refractivity contribution in [1.82, 2.24) is 20.2 Å². The summed E-state index contributed by atoms with van der Waals surface area (Å²) in [5, 5.41) is 12.5. The third kappa shape index (κ3) is 4.20. The molecule has 3 aromatic carbocycles. The molecule has 0 saturated heterocycles. The van der Waals surface area contributed by atoms with Gasteiger partial charge in [-0.1, -0.05) is 37.6 Å². The molecular formula is C23H21N5O2. The SMILES string of the molecule is CCCc1ccc(C(=O)Oc2ccc(-n3nnc(-c4ccccc4N)n3)cc2)cc1. The van der Waals surface area contributed by atoms with Crippen LogP contribution >= 0.6 is 0 Å². The number of aryl methyl sites for hydroxylation is 1. The van der Waals surface area contributed by atoms with Gasteiger partial charge >= 0.3 is 5.97 Å². The summed E-state index contributed by atoms with van der Waals surface area (Å²) in [6.45, 7) is 2.12.